The van der Waals surface area contributed by atoms with E-state index in [-0.39, 0.29) is 18.5 Å². The number of amides is 3. The molecule has 1 aliphatic rings. The van der Waals surface area contributed by atoms with E-state index in [0.29, 0.717) is 36.4 Å². The molecule has 132 valence electrons. The quantitative estimate of drug-likeness (QED) is 0.898. The van der Waals surface area contributed by atoms with Crippen molar-refractivity contribution < 1.29 is 18.4 Å². The van der Waals surface area contributed by atoms with Crippen LogP contribution >= 0.6 is 0 Å². The Morgan fingerprint density at radius 3 is 3.00 bits per heavy atom. The first-order valence-electron chi connectivity index (χ1n) is 8.21. The maximum atomic E-state index is 14.3. The Hall–Kier alpha value is -2.83. The molecule has 1 aromatic heterocycles. The van der Waals surface area contributed by atoms with Crippen LogP contribution in [-0.4, -0.2) is 36.0 Å². The summed E-state index contributed by atoms with van der Waals surface area (Å²) < 4.78 is 19.5. The van der Waals surface area contributed by atoms with Crippen LogP contribution in [-0.2, 0) is 11.3 Å². The molecule has 0 bridgehead atoms. The lowest BCUT2D eigenvalue weighted by Gasteiger charge is -2.25. The molecule has 0 radical (unpaired) electrons. The molecule has 1 saturated heterocycles. The number of carbonyl (C=O) groups excluding carboxylic acids is 2. The second-order valence-electron chi connectivity index (χ2n) is 5.96. The van der Waals surface area contributed by atoms with Crippen LogP contribution in [0.15, 0.2) is 41.0 Å². The number of hydrogen-bond donors (Lipinski definition) is 2. The highest BCUT2D eigenvalue weighted by Crippen LogP contribution is 2.22. The summed E-state index contributed by atoms with van der Waals surface area (Å²) in [7, 11) is 0. The highest BCUT2D eigenvalue weighted by atomic mass is 19.1. The van der Waals surface area contributed by atoms with Gasteiger partial charge in [-0.1, -0.05) is 12.1 Å². The number of carbonyl (C=O) groups is 2. The fourth-order valence-electron chi connectivity index (χ4n) is 2.78. The second-order valence-corrected chi connectivity index (χ2v) is 5.96. The molecule has 0 saturated carbocycles. The predicted molar refractivity (Wildman–Crippen MR) is 90.1 cm³/mol. The van der Waals surface area contributed by atoms with Crippen LogP contribution < -0.4 is 10.6 Å². The number of benzene rings is 1. The van der Waals surface area contributed by atoms with E-state index in [1.807, 2.05) is 0 Å². The molecule has 2 heterocycles. The first-order chi connectivity index (χ1) is 12.1. The van der Waals surface area contributed by atoms with Crippen molar-refractivity contribution in [1.82, 2.24) is 15.5 Å². The first kappa shape index (κ1) is 17.0. The van der Waals surface area contributed by atoms with Gasteiger partial charge in [0.1, 0.15) is 17.6 Å². The van der Waals surface area contributed by atoms with Gasteiger partial charge in [-0.05, 0) is 31.5 Å². The molecule has 1 fully saturated rings. The molecular weight excluding hydrogens is 325 g/mol. The normalized spacial score (nSPS) is 17.8. The lowest BCUT2D eigenvalue weighted by Crippen LogP contribution is -2.49. The molecular formula is C18H20FN3O3. The summed E-state index contributed by atoms with van der Waals surface area (Å²) in [6, 6.07) is 7.30. The summed E-state index contributed by atoms with van der Waals surface area (Å²) in [6.07, 6.45) is 2.22. The summed E-state index contributed by atoms with van der Waals surface area (Å²) >= 11 is 0. The van der Waals surface area contributed by atoms with Crippen LogP contribution in [0.5, 0.6) is 0 Å². The van der Waals surface area contributed by atoms with E-state index in [1.165, 1.54) is 17.2 Å². The summed E-state index contributed by atoms with van der Waals surface area (Å²) in [5, 5.41) is 5.44. The van der Waals surface area contributed by atoms with Gasteiger partial charge in [-0.15, -0.1) is 0 Å². The number of hydrogen-bond acceptors (Lipinski definition) is 3. The lowest BCUT2D eigenvalue weighted by atomic mass is 10.1. The van der Waals surface area contributed by atoms with E-state index < -0.39 is 11.9 Å². The minimum Gasteiger partial charge on any atom is -0.464 e. The van der Waals surface area contributed by atoms with Crippen molar-refractivity contribution in [3.05, 3.63) is 48.0 Å². The fraction of sp³-hybridized carbons (Fsp3) is 0.333. The average molecular weight is 345 g/mol. The van der Waals surface area contributed by atoms with Crippen LogP contribution in [0.2, 0.25) is 0 Å². The van der Waals surface area contributed by atoms with Gasteiger partial charge >= 0.3 is 6.03 Å². The van der Waals surface area contributed by atoms with Crippen LogP contribution in [0.25, 0.3) is 11.3 Å². The van der Waals surface area contributed by atoms with Gasteiger partial charge in [-0.2, -0.15) is 0 Å². The van der Waals surface area contributed by atoms with Gasteiger partial charge in [-0.3, -0.25) is 4.79 Å². The smallest absolute Gasteiger partial charge is 0.318 e. The van der Waals surface area contributed by atoms with E-state index in [4.69, 9.17) is 4.42 Å². The molecule has 25 heavy (non-hydrogen) atoms. The van der Waals surface area contributed by atoms with Crippen molar-refractivity contribution in [2.45, 2.75) is 25.9 Å². The highest BCUT2D eigenvalue weighted by molar-refractivity contribution is 5.87. The standard InChI is InChI=1S/C18H20FN3O3/c1-12-17(23)20-7-3-8-22(12)18(24)21-11-14-6-5-13(10-15(14)19)16-4-2-9-25-16/h2,4-6,9-10,12H,3,7-8,11H2,1H3,(H,20,23)(H,21,24)/t12-/m0/s1. The number of nitrogens with one attached hydrogen (secondary N) is 2. The van der Waals surface area contributed by atoms with E-state index in [0.717, 1.165) is 0 Å². The third kappa shape index (κ3) is 3.81. The predicted octanol–water partition coefficient (Wildman–Crippen LogP) is 2.51. The van der Waals surface area contributed by atoms with Crippen LogP contribution in [0.1, 0.15) is 18.9 Å². The van der Waals surface area contributed by atoms with Crippen LogP contribution in [0.4, 0.5) is 9.18 Å². The molecule has 0 unspecified atom stereocenters. The average Bonchev–Trinajstić information content (AvgIpc) is 3.08. The monoisotopic (exact) mass is 345 g/mol. The summed E-state index contributed by atoms with van der Waals surface area (Å²) in [4.78, 5) is 25.6. The molecule has 1 atom stereocenters. The van der Waals surface area contributed by atoms with Gasteiger partial charge in [0.2, 0.25) is 5.91 Å². The lowest BCUT2D eigenvalue weighted by molar-refractivity contribution is -0.124. The van der Waals surface area contributed by atoms with E-state index in [1.54, 1.807) is 31.2 Å². The van der Waals surface area contributed by atoms with Crippen molar-refractivity contribution in [1.29, 1.82) is 0 Å². The molecule has 3 amide bonds. The topological polar surface area (TPSA) is 74.6 Å². The Balaban J connectivity index is 1.65. The summed E-state index contributed by atoms with van der Waals surface area (Å²) in [5.41, 5.74) is 1.01. The molecule has 2 aromatic rings. The third-order valence-electron chi connectivity index (χ3n) is 4.27. The van der Waals surface area contributed by atoms with Gasteiger partial charge < -0.3 is 20.0 Å². The molecule has 6 nitrogen and oxygen atoms in total. The highest BCUT2D eigenvalue weighted by Gasteiger charge is 2.27. The number of halogens is 1. The molecule has 7 heteroatoms. The number of nitrogens with zero attached hydrogens (tertiary/aromatic N) is 1. The Kier molecular flexibility index (Phi) is 5.02. The minimum absolute atomic E-state index is 0.0495. The Morgan fingerprint density at radius 2 is 2.28 bits per heavy atom. The van der Waals surface area contributed by atoms with Gasteiger partial charge in [0.05, 0.1) is 6.26 Å². The van der Waals surface area contributed by atoms with E-state index in [2.05, 4.69) is 10.6 Å². The van der Waals surface area contributed by atoms with Crippen molar-refractivity contribution in [3.63, 3.8) is 0 Å². The Bertz CT molecular complexity index is 761. The maximum Gasteiger partial charge on any atom is 0.318 e. The van der Waals surface area contributed by atoms with Gasteiger partial charge in [0.25, 0.3) is 0 Å². The molecule has 1 aromatic carbocycles. The zero-order chi connectivity index (χ0) is 17.8. The maximum absolute atomic E-state index is 14.3. The summed E-state index contributed by atoms with van der Waals surface area (Å²) in [6.45, 7) is 2.76. The van der Waals surface area contributed by atoms with Gasteiger partial charge in [0, 0.05) is 30.8 Å². The Labute approximate surface area is 145 Å². The summed E-state index contributed by atoms with van der Waals surface area (Å²) in [5.74, 6) is -0.0172. The largest absolute Gasteiger partial charge is 0.464 e. The first-order valence-corrected chi connectivity index (χ1v) is 8.21. The van der Waals surface area contributed by atoms with Crippen molar-refractivity contribution in [3.8, 4) is 11.3 Å². The van der Waals surface area contributed by atoms with Crippen molar-refractivity contribution in [2.75, 3.05) is 13.1 Å². The van der Waals surface area contributed by atoms with E-state index >= 15 is 0 Å². The molecule has 1 aliphatic heterocycles. The fourth-order valence-corrected chi connectivity index (χ4v) is 2.78. The zero-order valence-electron chi connectivity index (χ0n) is 13.9. The molecule has 0 spiro atoms. The number of furan rings is 1. The second kappa shape index (κ2) is 7.38. The Morgan fingerprint density at radius 1 is 1.44 bits per heavy atom. The molecule has 0 aliphatic carbocycles. The van der Waals surface area contributed by atoms with Crippen LogP contribution in [0.3, 0.4) is 0 Å². The zero-order valence-corrected chi connectivity index (χ0v) is 13.9. The number of urea groups is 1. The number of rotatable bonds is 3. The SMILES string of the molecule is C[C@H]1C(=O)NCCCN1C(=O)NCc1ccc(-c2ccco2)cc1F. The molecule has 3 rings (SSSR count). The van der Waals surface area contributed by atoms with Crippen LogP contribution in [0, 0.1) is 5.82 Å². The van der Waals surface area contributed by atoms with E-state index in [9.17, 15) is 14.0 Å². The van der Waals surface area contributed by atoms with Crippen molar-refractivity contribution >= 4 is 11.9 Å². The molecule has 2 N–H and O–H groups in total. The third-order valence-corrected chi connectivity index (χ3v) is 4.27. The van der Waals surface area contributed by atoms with Crippen molar-refractivity contribution in [2.24, 2.45) is 0 Å². The minimum atomic E-state index is -0.548. The van der Waals surface area contributed by atoms with Gasteiger partial charge in [0.15, 0.2) is 0 Å². The van der Waals surface area contributed by atoms with Gasteiger partial charge in [-0.25, -0.2) is 9.18 Å².